The number of thiazole rings is 1. The fraction of sp³-hybridized carbons (Fsp3) is 0.467. The highest BCUT2D eigenvalue weighted by atomic mass is 32.2. The Bertz CT molecular complexity index is 820. The predicted octanol–water partition coefficient (Wildman–Crippen LogP) is 2.12. The molecular weight excluding hydrogens is 320 g/mol. The molecule has 0 unspecified atom stereocenters. The van der Waals surface area contributed by atoms with Crippen molar-refractivity contribution in [2.75, 3.05) is 18.8 Å². The quantitative estimate of drug-likeness (QED) is 0.856. The number of rotatable bonds is 4. The molecule has 22 heavy (non-hydrogen) atoms. The van der Waals surface area contributed by atoms with E-state index in [0.29, 0.717) is 18.7 Å². The van der Waals surface area contributed by atoms with Gasteiger partial charge >= 0.3 is 0 Å². The molecular formula is C15H18N2O3S2. The van der Waals surface area contributed by atoms with Crippen molar-refractivity contribution in [2.45, 2.75) is 25.5 Å². The number of carbonyl (C=O) groups excluding carboxylic acids is 1. The third-order valence-corrected chi connectivity index (χ3v) is 7.31. The number of aryl methyl sites for hydroxylation is 1. The van der Waals surface area contributed by atoms with Crippen molar-refractivity contribution in [3.63, 3.8) is 0 Å². The van der Waals surface area contributed by atoms with E-state index in [1.165, 1.54) is 0 Å². The number of carbonyl (C=O) groups is 1. The molecule has 3 rings (SSSR count). The maximum atomic E-state index is 12.4. The molecule has 1 saturated heterocycles. The molecule has 5 nitrogen and oxygen atoms in total. The zero-order valence-corrected chi connectivity index (χ0v) is 14.2. The molecule has 1 aliphatic rings. The maximum Gasteiger partial charge on any atom is 0.253 e. The summed E-state index contributed by atoms with van der Waals surface area (Å²) in [7, 11) is -3.05. The molecule has 2 aromatic rings. The predicted molar refractivity (Wildman–Crippen MR) is 88.2 cm³/mol. The van der Waals surface area contributed by atoms with Crippen molar-refractivity contribution < 1.29 is 13.2 Å². The van der Waals surface area contributed by atoms with Crippen molar-refractivity contribution in [3.05, 3.63) is 28.8 Å². The molecule has 1 fully saturated rings. The van der Waals surface area contributed by atoms with E-state index in [1.807, 2.05) is 12.1 Å². The van der Waals surface area contributed by atoms with Crippen LogP contribution >= 0.6 is 11.3 Å². The molecule has 1 aromatic heterocycles. The smallest absolute Gasteiger partial charge is 0.253 e. The molecule has 2 heterocycles. The lowest BCUT2D eigenvalue weighted by molar-refractivity contribution is 0.0659. The third-order valence-electron chi connectivity index (χ3n) is 4.03. The number of amides is 1. The van der Waals surface area contributed by atoms with Gasteiger partial charge in [-0.3, -0.25) is 4.79 Å². The van der Waals surface area contributed by atoms with E-state index in [2.05, 4.69) is 11.9 Å². The minimum atomic E-state index is -3.05. The summed E-state index contributed by atoms with van der Waals surface area (Å²) in [6.45, 7) is 4.30. The van der Waals surface area contributed by atoms with Gasteiger partial charge in [-0.1, -0.05) is 13.8 Å². The number of benzene rings is 1. The first-order chi connectivity index (χ1) is 10.4. The molecule has 118 valence electrons. The van der Waals surface area contributed by atoms with Gasteiger partial charge in [0.1, 0.15) is 0 Å². The summed E-state index contributed by atoms with van der Waals surface area (Å²) >= 11 is 1.60. The summed E-state index contributed by atoms with van der Waals surface area (Å²) in [4.78, 5) is 18.5. The molecule has 0 radical (unpaired) electrons. The van der Waals surface area contributed by atoms with Crippen molar-refractivity contribution >= 4 is 37.3 Å². The van der Waals surface area contributed by atoms with Crippen molar-refractivity contribution in [1.82, 2.24) is 9.88 Å². The first kappa shape index (κ1) is 15.4. The second-order valence-electron chi connectivity index (χ2n) is 5.43. The summed E-state index contributed by atoms with van der Waals surface area (Å²) < 4.78 is 24.5. The van der Waals surface area contributed by atoms with E-state index in [1.54, 1.807) is 29.2 Å². The molecule has 0 bridgehead atoms. The van der Waals surface area contributed by atoms with E-state index in [-0.39, 0.29) is 11.7 Å². The molecule has 0 N–H and O–H groups in total. The van der Waals surface area contributed by atoms with Crippen LogP contribution in [0, 0.1) is 0 Å². The van der Waals surface area contributed by atoms with Crippen molar-refractivity contribution in [2.24, 2.45) is 0 Å². The minimum Gasteiger partial charge on any atom is -0.336 e. The number of fused-ring (bicyclic) bond motifs is 1. The van der Waals surface area contributed by atoms with Crippen LogP contribution in [0.5, 0.6) is 0 Å². The maximum absolute atomic E-state index is 12.4. The first-order valence-corrected chi connectivity index (χ1v) is 9.88. The third kappa shape index (κ3) is 2.63. The lowest BCUT2D eigenvalue weighted by Gasteiger charge is -2.38. The Kier molecular flexibility index (Phi) is 3.94. The highest BCUT2D eigenvalue weighted by Gasteiger charge is 2.38. The summed E-state index contributed by atoms with van der Waals surface area (Å²) in [5.74, 6) is 0.0302. The number of sulfone groups is 1. The van der Waals surface area contributed by atoms with E-state index in [0.717, 1.165) is 21.6 Å². The van der Waals surface area contributed by atoms with Gasteiger partial charge in [0, 0.05) is 24.4 Å². The Balaban J connectivity index is 1.76. The zero-order valence-electron chi connectivity index (χ0n) is 12.6. The second kappa shape index (κ2) is 5.62. The lowest BCUT2D eigenvalue weighted by Crippen LogP contribution is -2.57. The summed E-state index contributed by atoms with van der Waals surface area (Å²) in [6.07, 6.45) is 0.880. The number of hydrogen-bond acceptors (Lipinski definition) is 5. The van der Waals surface area contributed by atoms with Crippen LogP contribution in [0.15, 0.2) is 18.2 Å². The summed E-state index contributed by atoms with van der Waals surface area (Å²) in [6, 6.07) is 5.49. The first-order valence-electron chi connectivity index (χ1n) is 7.35. The van der Waals surface area contributed by atoms with Gasteiger partial charge in [-0.25, -0.2) is 13.4 Å². The normalized spacial score (nSPS) is 16.0. The van der Waals surface area contributed by atoms with Gasteiger partial charge in [0.05, 0.1) is 20.5 Å². The summed E-state index contributed by atoms with van der Waals surface area (Å²) in [5.41, 5.74) is 1.51. The Labute approximate surface area is 133 Å². The second-order valence-corrected chi connectivity index (χ2v) is 9.11. The molecule has 0 saturated carbocycles. The van der Waals surface area contributed by atoms with Crippen LogP contribution in [0.4, 0.5) is 0 Å². The van der Waals surface area contributed by atoms with Crippen LogP contribution in [0.3, 0.4) is 0 Å². The van der Waals surface area contributed by atoms with Gasteiger partial charge in [-0.05, 0) is 24.6 Å². The molecule has 0 atom stereocenters. The van der Waals surface area contributed by atoms with Crippen molar-refractivity contribution in [1.29, 1.82) is 0 Å². The fourth-order valence-corrected chi connectivity index (χ4v) is 4.74. The molecule has 1 aliphatic heterocycles. The van der Waals surface area contributed by atoms with Gasteiger partial charge in [0.15, 0.2) is 9.84 Å². The van der Waals surface area contributed by atoms with Crippen LogP contribution in [0.25, 0.3) is 10.2 Å². The number of hydrogen-bond donors (Lipinski definition) is 0. The highest BCUT2D eigenvalue weighted by molar-refractivity contribution is 7.92. The topological polar surface area (TPSA) is 67.3 Å². The van der Waals surface area contributed by atoms with Gasteiger partial charge in [-0.15, -0.1) is 11.3 Å². The number of aromatic nitrogens is 1. The average molecular weight is 338 g/mol. The van der Waals surface area contributed by atoms with Crippen LogP contribution in [0.1, 0.15) is 29.2 Å². The summed E-state index contributed by atoms with van der Waals surface area (Å²) in [5, 5.41) is 0.651. The van der Waals surface area contributed by atoms with E-state index >= 15 is 0 Å². The zero-order chi connectivity index (χ0) is 15.9. The minimum absolute atomic E-state index is 0.101. The molecule has 0 spiro atoms. The van der Waals surface area contributed by atoms with Crippen LogP contribution in [0.2, 0.25) is 0 Å². The van der Waals surface area contributed by atoms with Crippen LogP contribution < -0.4 is 0 Å². The van der Waals surface area contributed by atoms with E-state index in [4.69, 9.17) is 0 Å². The van der Waals surface area contributed by atoms with Gasteiger partial charge in [-0.2, -0.15) is 0 Å². The van der Waals surface area contributed by atoms with Gasteiger partial charge in [0.25, 0.3) is 5.91 Å². The van der Waals surface area contributed by atoms with Crippen molar-refractivity contribution in [3.8, 4) is 0 Å². The SMILES string of the molecule is CCc1nc2ccc(C(=O)N3CC(S(=O)(=O)CC)C3)cc2s1. The van der Waals surface area contributed by atoms with Crippen LogP contribution in [-0.4, -0.2) is 48.3 Å². The van der Waals surface area contributed by atoms with Gasteiger partial charge in [0.2, 0.25) is 0 Å². The highest BCUT2D eigenvalue weighted by Crippen LogP contribution is 2.26. The van der Waals surface area contributed by atoms with Gasteiger partial charge < -0.3 is 4.90 Å². The Morgan fingerprint density at radius 2 is 2.09 bits per heavy atom. The van der Waals surface area contributed by atoms with E-state index in [9.17, 15) is 13.2 Å². The fourth-order valence-electron chi connectivity index (χ4n) is 2.51. The average Bonchev–Trinajstić information content (AvgIpc) is 2.87. The number of nitrogens with zero attached hydrogens (tertiary/aromatic N) is 2. The molecule has 7 heteroatoms. The van der Waals surface area contributed by atoms with Crippen LogP contribution in [-0.2, 0) is 16.3 Å². The number of likely N-dealkylation sites (tertiary alicyclic amines) is 1. The molecule has 1 amide bonds. The Morgan fingerprint density at radius 3 is 2.73 bits per heavy atom. The Hall–Kier alpha value is -1.47. The lowest BCUT2D eigenvalue weighted by atomic mass is 10.1. The largest absolute Gasteiger partial charge is 0.336 e. The van der Waals surface area contributed by atoms with E-state index < -0.39 is 15.1 Å². The standard InChI is InChI=1S/C15H18N2O3S2/c1-3-14-16-12-6-5-10(7-13(12)21-14)15(18)17-8-11(9-17)22(19,20)4-2/h5-7,11H,3-4,8-9H2,1-2H3. The monoisotopic (exact) mass is 338 g/mol. The molecule has 0 aliphatic carbocycles. The molecule has 1 aromatic carbocycles. The Morgan fingerprint density at radius 1 is 1.36 bits per heavy atom.